The van der Waals surface area contributed by atoms with Crippen LogP contribution in [0.25, 0.3) is 5.57 Å². The van der Waals surface area contributed by atoms with Gasteiger partial charge < -0.3 is 10.4 Å². The normalized spacial score (nSPS) is 23.0. The topological polar surface area (TPSA) is 100 Å². The van der Waals surface area contributed by atoms with E-state index in [0.717, 1.165) is 17.0 Å². The lowest BCUT2D eigenvalue weighted by molar-refractivity contribution is -0.384. The third-order valence-corrected chi connectivity index (χ3v) is 5.78. The molecular weight excluding hydrogens is 376 g/mol. The molecule has 142 valence electrons. The van der Waals surface area contributed by atoms with E-state index in [1.807, 2.05) is 18.2 Å². The number of nitro benzene ring substituents is 1. The third kappa shape index (κ3) is 3.69. The maximum absolute atomic E-state index is 10.8. The van der Waals surface area contributed by atoms with Gasteiger partial charge in [-0.1, -0.05) is 30.3 Å². The van der Waals surface area contributed by atoms with Crippen LogP contribution in [0.5, 0.6) is 0 Å². The van der Waals surface area contributed by atoms with E-state index in [0.29, 0.717) is 5.56 Å². The van der Waals surface area contributed by atoms with E-state index in [4.69, 9.17) is 0 Å². The molecule has 7 nitrogen and oxygen atoms in total. The van der Waals surface area contributed by atoms with Crippen molar-refractivity contribution in [3.8, 4) is 0 Å². The summed E-state index contributed by atoms with van der Waals surface area (Å²) in [6.45, 7) is 0.157. The fourth-order valence-corrected chi connectivity index (χ4v) is 4.38. The molecule has 0 bridgehead atoms. The van der Waals surface area contributed by atoms with E-state index in [1.54, 1.807) is 30.2 Å². The number of aliphatic hydroxyl groups is 1. The van der Waals surface area contributed by atoms with E-state index in [2.05, 4.69) is 32.8 Å². The van der Waals surface area contributed by atoms with Crippen LogP contribution in [0.4, 0.5) is 5.69 Å². The van der Waals surface area contributed by atoms with Crippen LogP contribution in [-0.4, -0.2) is 34.1 Å². The Kier molecular flexibility index (Phi) is 5.23. The van der Waals surface area contributed by atoms with Gasteiger partial charge in [-0.3, -0.25) is 20.1 Å². The van der Waals surface area contributed by atoms with Crippen molar-refractivity contribution < 1.29 is 10.0 Å². The first-order chi connectivity index (χ1) is 13.6. The second-order valence-corrected chi connectivity index (χ2v) is 7.45. The number of nitrogens with zero attached hydrogens (tertiary/aromatic N) is 3. The molecule has 2 aliphatic rings. The summed E-state index contributed by atoms with van der Waals surface area (Å²) in [4.78, 5) is 19.4. The number of hydrogen-bond donors (Lipinski definition) is 2. The molecule has 0 unspecified atom stereocenters. The van der Waals surface area contributed by atoms with Gasteiger partial charge in [0.25, 0.3) is 5.69 Å². The van der Waals surface area contributed by atoms with Gasteiger partial charge in [0.1, 0.15) is 11.2 Å². The van der Waals surface area contributed by atoms with Crippen molar-refractivity contribution >= 4 is 35.2 Å². The van der Waals surface area contributed by atoms with Gasteiger partial charge in [0.2, 0.25) is 0 Å². The van der Waals surface area contributed by atoms with E-state index in [9.17, 15) is 15.2 Å². The number of non-ortho nitro benzene ring substituents is 1. The van der Waals surface area contributed by atoms with Gasteiger partial charge in [0.15, 0.2) is 0 Å². The van der Waals surface area contributed by atoms with Crippen molar-refractivity contribution in [1.29, 1.82) is 0 Å². The minimum absolute atomic E-state index is 0.00135. The van der Waals surface area contributed by atoms with E-state index >= 15 is 0 Å². The molecule has 0 fully saturated rings. The van der Waals surface area contributed by atoms with E-state index in [-0.39, 0.29) is 23.5 Å². The zero-order valence-electron chi connectivity index (χ0n) is 14.8. The molecule has 0 saturated heterocycles. The molecule has 0 aliphatic carbocycles. The van der Waals surface area contributed by atoms with Gasteiger partial charge in [-0.05, 0) is 34.2 Å². The number of benzene rings is 2. The summed E-state index contributed by atoms with van der Waals surface area (Å²) < 4.78 is 0. The third-order valence-electron chi connectivity index (χ3n) is 4.71. The molecule has 4 rings (SSSR count). The van der Waals surface area contributed by atoms with Crippen molar-refractivity contribution in [2.45, 2.75) is 11.5 Å². The summed E-state index contributed by atoms with van der Waals surface area (Å²) in [5, 5.41) is 26.5. The average Bonchev–Trinajstić information content (AvgIpc) is 3.17. The fourth-order valence-electron chi connectivity index (χ4n) is 3.25. The number of aliphatic hydroxyl groups excluding tert-OH is 1. The summed E-state index contributed by atoms with van der Waals surface area (Å²) in [5.74, 6) is 0.766. The van der Waals surface area contributed by atoms with Crippen LogP contribution < -0.4 is 5.32 Å². The second kappa shape index (κ2) is 7.95. The van der Waals surface area contributed by atoms with E-state index in [1.165, 1.54) is 12.1 Å². The summed E-state index contributed by atoms with van der Waals surface area (Å²) in [6.07, 6.45) is 0.804. The number of thioether (sulfide) groups is 1. The van der Waals surface area contributed by atoms with Crippen molar-refractivity contribution in [3.63, 3.8) is 0 Å². The van der Waals surface area contributed by atoms with Crippen LogP contribution in [0, 0.1) is 16.0 Å². The molecule has 8 heteroatoms. The van der Waals surface area contributed by atoms with Crippen molar-refractivity contribution in [3.05, 3.63) is 81.2 Å². The Hall–Kier alpha value is -2.97. The maximum atomic E-state index is 10.8. The highest BCUT2D eigenvalue weighted by molar-refractivity contribution is 8.03. The monoisotopic (exact) mass is 394 g/mol. The smallest absolute Gasteiger partial charge is 0.269 e. The molecule has 0 aromatic heterocycles. The summed E-state index contributed by atoms with van der Waals surface area (Å²) in [7, 11) is 0. The standard InChI is InChI=1S/C20H18N4O3S/c25-17(14-6-8-15(9-7-14)24(26)27)10-21-19-18-16(13-4-2-1-3-5-13)11-28-20(18)23-12-22-19/h1-9,11-12,17-18,20,25H,10H2,(H,21,22,23)/t17-,18-,20+/m0/s1. The minimum atomic E-state index is -0.842. The van der Waals surface area contributed by atoms with Gasteiger partial charge >= 0.3 is 0 Å². The lowest BCUT2D eigenvalue weighted by atomic mass is 9.92. The van der Waals surface area contributed by atoms with Crippen LogP contribution >= 0.6 is 11.8 Å². The highest BCUT2D eigenvalue weighted by Gasteiger charge is 2.36. The Morgan fingerprint density at radius 1 is 1.21 bits per heavy atom. The molecule has 2 aliphatic heterocycles. The Bertz CT molecular complexity index is 957. The van der Waals surface area contributed by atoms with Crippen LogP contribution in [0.1, 0.15) is 17.2 Å². The Morgan fingerprint density at radius 2 is 1.96 bits per heavy atom. The fraction of sp³-hybridized carbons (Fsp3) is 0.200. The number of hydrogen-bond acceptors (Lipinski definition) is 6. The molecule has 0 spiro atoms. The SMILES string of the molecule is O=[N+]([O-])c1ccc([C@@H](O)CN=C2NC=N[C@@H]3SC=C(c4ccccc4)[C@@H]23)cc1. The molecule has 3 atom stereocenters. The quantitative estimate of drug-likeness (QED) is 0.598. The number of aliphatic imine (C=N–C) groups is 2. The zero-order valence-corrected chi connectivity index (χ0v) is 15.6. The molecule has 0 amide bonds. The first kappa shape index (κ1) is 18.4. The number of fused-ring (bicyclic) bond motifs is 1. The molecular formula is C20H18N4O3S. The first-order valence-electron chi connectivity index (χ1n) is 8.79. The average molecular weight is 394 g/mol. The Morgan fingerprint density at radius 3 is 2.68 bits per heavy atom. The zero-order chi connectivity index (χ0) is 19.5. The summed E-state index contributed by atoms with van der Waals surface area (Å²) in [5.41, 5.74) is 2.88. The second-order valence-electron chi connectivity index (χ2n) is 6.46. The summed E-state index contributed by atoms with van der Waals surface area (Å²) >= 11 is 1.66. The molecule has 28 heavy (non-hydrogen) atoms. The Labute approximate surface area is 166 Å². The largest absolute Gasteiger partial charge is 0.386 e. The van der Waals surface area contributed by atoms with Crippen molar-refractivity contribution in [2.24, 2.45) is 15.9 Å². The van der Waals surface area contributed by atoms with Gasteiger partial charge in [-0.15, -0.1) is 11.8 Å². The number of nitro groups is 1. The maximum Gasteiger partial charge on any atom is 0.269 e. The van der Waals surface area contributed by atoms with Crippen molar-refractivity contribution in [1.82, 2.24) is 5.32 Å². The predicted molar refractivity (Wildman–Crippen MR) is 111 cm³/mol. The minimum Gasteiger partial charge on any atom is -0.386 e. The van der Waals surface area contributed by atoms with Gasteiger partial charge in [0, 0.05) is 12.1 Å². The molecule has 2 N–H and O–H groups in total. The highest BCUT2D eigenvalue weighted by Crippen LogP contribution is 2.43. The van der Waals surface area contributed by atoms with Gasteiger partial charge in [-0.2, -0.15) is 0 Å². The molecule has 2 aromatic rings. The predicted octanol–water partition coefficient (Wildman–Crippen LogP) is 3.39. The first-order valence-corrected chi connectivity index (χ1v) is 9.73. The van der Waals surface area contributed by atoms with Crippen molar-refractivity contribution in [2.75, 3.05) is 6.54 Å². The Balaban J connectivity index is 1.52. The van der Waals surface area contributed by atoms with Gasteiger partial charge in [-0.25, -0.2) is 0 Å². The van der Waals surface area contributed by atoms with Crippen LogP contribution in [-0.2, 0) is 0 Å². The molecule has 2 aromatic carbocycles. The molecule has 0 radical (unpaired) electrons. The molecule has 0 saturated carbocycles. The number of amidine groups is 1. The van der Waals surface area contributed by atoms with E-state index < -0.39 is 11.0 Å². The van der Waals surface area contributed by atoms with Crippen LogP contribution in [0.15, 0.2) is 70.0 Å². The number of rotatable bonds is 5. The molecule has 2 heterocycles. The summed E-state index contributed by atoms with van der Waals surface area (Å²) in [6, 6.07) is 16.0. The lowest BCUT2D eigenvalue weighted by Crippen LogP contribution is -2.39. The van der Waals surface area contributed by atoms with Crippen LogP contribution in [0.3, 0.4) is 0 Å². The van der Waals surface area contributed by atoms with Gasteiger partial charge in [0.05, 0.1) is 29.8 Å². The lowest BCUT2D eigenvalue weighted by Gasteiger charge is -2.25. The number of nitrogens with one attached hydrogen (secondary N) is 1. The van der Waals surface area contributed by atoms with Crippen LogP contribution in [0.2, 0.25) is 0 Å². The highest BCUT2D eigenvalue weighted by atomic mass is 32.2.